The van der Waals surface area contributed by atoms with Gasteiger partial charge in [0.1, 0.15) is 5.75 Å². The molecule has 1 N–H and O–H groups in total. The van der Waals surface area contributed by atoms with E-state index < -0.39 is 0 Å². The summed E-state index contributed by atoms with van der Waals surface area (Å²) in [5, 5.41) is 12.0. The highest BCUT2D eigenvalue weighted by Crippen LogP contribution is 2.25. The summed E-state index contributed by atoms with van der Waals surface area (Å²) in [5.41, 5.74) is 4.15. The Labute approximate surface area is 190 Å². The normalized spacial score (nSPS) is 10.7. The van der Waals surface area contributed by atoms with Crippen LogP contribution in [0.3, 0.4) is 0 Å². The van der Waals surface area contributed by atoms with Gasteiger partial charge in [0.05, 0.1) is 18.5 Å². The molecule has 0 atom stereocenters. The smallest absolute Gasteiger partial charge is 0.278 e. The summed E-state index contributed by atoms with van der Waals surface area (Å²) in [7, 11) is 1.61. The van der Waals surface area contributed by atoms with Gasteiger partial charge < -0.3 is 10.1 Å². The van der Waals surface area contributed by atoms with Crippen molar-refractivity contribution in [1.82, 2.24) is 25.0 Å². The van der Waals surface area contributed by atoms with Gasteiger partial charge in [0, 0.05) is 22.8 Å². The molecular weight excluding hydrogens is 424 g/mol. The monoisotopic (exact) mass is 446 g/mol. The fourth-order valence-electron chi connectivity index (χ4n) is 3.14. The SMILES string of the molecule is COc1ccc(-n2nnc(C(=O)Nc3ccccc3)c2CSc2nc(C)cc(C)n2)cc1. The topological polar surface area (TPSA) is 94.8 Å². The standard InChI is InChI=1S/C23H22N6O2S/c1-15-13-16(2)25-23(24-15)32-14-20-21(22(30)26-17-7-5-4-6-8-17)27-28-29(20)18-9-11-19(31-3)12-10-18/h4-13H,14H2,1-3H3,(H,26,30). The third kappa shape index (κ3) is 4.94. The van der Waals surface area contributed by atoms with Gasteiger partial charge in [-0.1, -0.05) is 35.2 Å². The molecule has 8 nitrogen and oxygen atoms in total. The number of aromatic nitrogens is 5. The Balaban J connectivity index is 1.67. The van der Waals surface area contributed by atoms with Crippen LogP contribution in [0.25, 0.3) is 5.69 Å². The van der Waals surface area contributed by atoms with E-state index in [9.17, 15) is 4.79 Å². The number of nitrogens with zero attached hydrogens (tertiary/aromatic N) is 5. The maximum Gasteiger partial charge on any atom is 0.278 e. The first-order chi connectivity index (χ1) is 15.5. The van der Waals surface area contributed by atoms with Gasteiger partial charge >= 0.3 is 0 Å². The first-order valence-electron chi connectivity index (χ1n) is 9.94. The highest BCUT2D eigenvalue weighted by atomic mass is 32.2. The largest absolute Gasteiger partial charge is 0.497 e. The molecule has 32 heavy (non-hydrogen) atoms. The van der Waals surface area contributed by atoms with Crippen molar-refractivity contribution in [2.75, 3.05) is 12.4 Å². The Kier molecular flexibility index (Phi) is 6.46. The van der Waals surface area contributed by atoms with E-state index in [4.69, 9.17) is 4.74 Å². The van der Waals surface area contributed by atoms with Crippen molar-refractivity contribution >= 4 is 23.4 Å². The summed E-state index contributed by atoms with van der Waals surface area (Å²) in [6, 6.07) is 18.6. The molecule has 4 aromatic rings. The van der Waals surface area contributed by atoms with Crippen molar-refractivity contribution in [3.8, 4) is 11.4 Å². The minimum atomic E-state index is -0.326. The Hall–Kier alpha value is -3.72. The molecular formula is C23H22N6O2S. The summed E-state index contributed by atoms with van der Waals surface area (Å²) >= 11 is 1.43. The molecule has 0 bridgehead atoms. The quantitative estimate of drug-likeness (QED) is 0.335. The first kappa shape index (κ1) is 21.5. The van der Waals surface area contributed by atoms with Crippen LogP contribution in [-0.2, 0) is 5.75 Å². The summed E-state index contributed by atoms with van der Waals surface area (Å²) in [4.78, 5) is 22.0. The van der Waals surface area contributed by atoms with Crippen LogP contribution >= 0.6 is 11.8 Å². The number of hydrogen-bond acceptors (Lipinski definition) is 7. The van der Waals surface area contributed by atoms with Gasteiger partial charge in [-0.3, -0.25) is 4.79 Å². The third-order valence-electron chi connectivity index (χ3n) is 4.63. The number of methoxy groups -OCH3 is 1. The van der Waals surface area contributed by atoms with Crippen molar-refractivity contribution in [1.29, 1.82) is 0 Å². The zero-order valence-electron chi connectivity index (χ0n) is 17.9. The number of thioether (sulfide) groups is 1. The number of carbonyl (C=O) groups is 1. The lowest BCUT2D eigenvalue weighted by molar-refractivity contribution is 0.102. The number of hydrogen-bond donors (Lipinski definition) is 1. The molecule has 0 spiro atoms. The van der Waals surface area contributed by atoms with Crippen molar-refractivity contribution in [2.24, 2.45) is 0 Å². The highest BCUT2D eigenvalue weighted by molar-refractivity contribution is 7.98. The minimum absolute atomic E-state index is 0.251. The third-order valence-corrected chi connectivity index (χ3v) is 5.49. The average molecular weight is 447 g/mol. The molecule has 0 aliphatic carbocycles. The molecule has 0 aliphatic rings. The predicted molar refractivity (Wildman–Crippen MR) is 123 cm³/mol. The fraction of sp³-hybridized carbons (Fsp3) is 0.174. The van der Waals surface area contributed by atoms with E-state index in [2.05, 4.69) is 25.6 Å². The van der Waals surface area contributed by atoms with Crippen LogP contribution in [-0.4, -0.2) is 38.0 Å². The van der Waals surface area contributed by atoms with E-state index >= 15 is 0 Å². The van der Waals surface area contributed by atoms with E-state index in [0.29, 0.717) is 22.3 Å². The van der Waals surface area contributed by atoms with Gasteiger partial charge in [-0.2, -0.15) is 0 Å². The molecule has 0 saturated carbocycles. The second-order valence-corrected chi connectivity index (χ2v) is 7.98. The molecule has 9 heteroatoms. The van der Waals surface area contributed by atoms with Gasteiger partial charge in [-0.15, -0.1) is 5.10 Å². The summed E-state index contributed by atoms with van der Waals surface area (Å²) in [5.74, 6) is 0.822. The second-order valence-electron chi connectivity index (χ2n) is 7.04. The van der Waals surface area contributed by atoms with Gasteiger partial charge in [0.15, 0.2) is 10.9 Å². The number of anilines is 1. The molecule has 0 fully saturated rings. The zero-order chi connectivity index (χ0) is 22.5. The molecule has 2 aromatic heterocycles. The maximum absolute atomic E-state index is 13.0. The number of nitrogens with one attached hydrogen (secondary N) is 1. The van der Waals surface area contributed by atoms with Gasteiger partial charge in [0.2, 0.25) is 0 Å². The van der Waals surface area contributed by atoms with Gasteiger partial charge in [-0.05, 0) is 56.3 Å². The van der Waals surface area contributed by atoms with Crippen LogP contribution in [0, 0.1) is 13.8 Å². The number of ether oxygens (including phenoxy) is 1. The Bertz CT molecular complexity index is 1200. The molecule has 0 aliphatic heterocycles. The number of amides is 1. The number of carbonyl (C=O) groups excluding carboxylic acids is 1. The van der Waals surface area contributed by atoms with Gasteiger partial charge in [0.25, 0.3) is 5.91 Å². The number of rotatable bonds is 7. The molecule has 1 amide bonds. The molecule has 4 rings (SSSR count). The summed E-state index contributed by atoms with van der Waals surface area (Å²) < 4.78 is 6.90. The minimum Gasteiger partial charge on any atom is -0.497 e. The second kappa shape index (κ2) is 9.61. The Morgan fingerprint density at radius 3 is 2.38 bits per heavy atom. The van der Waals surface area contributed by atoms with Crippen LogP contribution < -0.4 is 10.1 Å². The molecule has 0 saturated heterocycles. The van der Waals surface area contributed by atoms with Crippen molar-refractivity contribution in [3.05, 3.63) is 83.4 Å². The Morgan fingerprint density at radius 1 is 1.03 bits per heavy atom. The summed E-state index contributed by atoms with van der Waals surface area (Å²) in [6.45, 7) is 3.86. The first-order valence-corrected chi connectivity index (χ1v) is 10.9. The van der Waals surface area contributed by atoms with E-state index in [1.165, 1.54) is 11.8 Å². The fourth-order valence-corrected chi connectivity index (χ4v) is 4.08. The van der Waals surface area contributed by atoms with Crippen molar-refractivity contribution < 1.29 is 9.53 Å². The lowest BCUT2D eigenvalue weighted by Crippen LogP contribution is -2.15. The van der Waals surface area contributed by atoms with Crippen molar-refractivity contribution in [3.63, 3.8) is 0 Å². The molecule has 0 unspecified atom stereocenters. The van der Waals surface area contributed by atoms with E-state index in [1.807, 2.05) is 74.5 Å². The van der Waals surface area contributed by atoms with Crippen molar-refractivity contribution in [2.45, 2.75) is 24.8 Å². The van der Waals surface area contributed by atoms with Crippen LogP contribution in [0.2, 0.25) is 0 Å². The average Bonchev–Trinajstić information content (AvgIpc) is 3.22. The molecule has 162 valence electrons. The van der Waals surface area contributed by atoms with Crippen LogP contribution in [0.1, 0.15) is 27.6 Å². The highest BCUT2D eigenvalue weighted by Gasteiger charge is 2.21. The number of aryl methyl sites for hydroxylation is 2. The zero-order valence-corrected chi connectivity index (χ0v) is 18.8. The number of para-hydroxylation sites is 1. The van der Waals surface area contributed by atoms with Crippen LogP contribution in [0.15, 0.2) is 65.8 Å². The predicted octanol–water partition coefficient (Wildman–Crippen LogP) is 4.23. The maximum atomic E-state index is 13.0. The lowest BCUT2D eigenvalue weighted by atomic mass is 10.2. The van der Waals surface area contributed by atoms with E-state index in [0.717, 1.165) is 22.8 Å². The molecule has 2 aromatic carbocycles. The van der Waals surface area contributed by atoms with Gasteiger partial charge in [-0.25, -0.2) is 14.6 Å². The molecule has 0 radical (unpaired) electrons. The summed E-state index contributed by atoms with van der Waals surface area (Å²) in [6.07, 6.45) is 0. The van der Waals surface area contributed by atoms with E-state index in [1.54, 1.807) is 11.8 Å². The Morgan fingerprint density at radius 2 is 1.72 bits per heavy atom. The lowest BCUT2D eigenvalue weighted by Gasteiger charge is -2.09. The molecule has 2 heterocycles. The number of benzene rings is 2. The van der Waals surface area contributed by atoms with Crippen LogP contribution in [0.5, 0.6) is 5.75 Å². The van der Waals surface area contributed by atoms with Crippen LogP contribution in [0.4, 0.5) is 5.69 Å². The van der Waals surface area contributed by atoms with E-state index in [-0.39, 0.29) is 11.6 Å².